The van der Waals surface area contributed by atoms with Crippen LogP contribution in [0.25, 0.3) is 0 Å². The summed E-state index contributed by atoms with van der Waals surface area (Å²) in [4.78, 5) is 4.71. The fraction of sp³-hybridized carbons (Fsp3) is 0.125. The SMILES string of the molecule is Cc1ccc2c(c1)S(=S(=O)=O)C(N)=N2. The van der Waals surface area contributed by atoms with Crippen LogP contribution in [0, 0.1) is 6.92 Å². The van der Waals surface area contributed by atoms with Gasteiger partial charge in [0.05, 0.1) is 5.69 Å². The predicted octanol–water partition coefficient (Wildman–Crippen LogP) is 0.726. The van der Waals surface area contributed by atoms with Gasteiger partial charge >= 0.3 is 0 Å². The maximum Gasteiger partial charge on any atom is 0.252 e. The van der Waals surface area contributed by atoms with Crippen LogP contribution >= 0.6 is 0 Å². The Morgan fingerprint density at radius 2 is 2.14 bits per heavy atom. The van der Waals surface area contributed by atoms with Crippen LogP contribution < -0.4 is 5.73 Å². The van der Waals surface area contributed by atoms with Crippen molar-refractivity contribution < 1.29 is 8.42 Å². The number of hydrogen-bond donors (Lipinski definition) is 1. The summed E-state index contributed by atoms with van der Waals surface area (Å²) in [5.74, 6) is 0. The van der Waals surface area contributed by atoms with Gasteiger partial charge in [-0.2, -0.15) is 8.42 Å². The summed E-state index contributed by atoms with van der Waals surface area (Å²) < 4.78 is 21.9. The van der Waals surface area contributed by atoms with Gasteiger partial charge in [-0.1, -0.05) is 6.07 Å². The summed E-state index contributed by atoms with van der Waals surface area (Å²) in [6, 6.07) is 5.49. The molecule has 2 rings (SSSR count). The van der Waals surface area contributed by atoms with E-state index in [0.29, 0.717) is 10.6 Å². The Balaban J connectivity index is 2.82. The lowest BCUT2D eigenvalue weighted by atomic mass is 10.2. The monoisotopic (exact) mass is 228 g/mol. The fourth-order valence-electron chi connectivity index (χ4n) is 1.28. The molecule has 0 amide bonds. The Bertz CT molecular complexity index is 565. The number of rotatable bonds is 0. The van der Waals surface area contributed by atoms with E-state index in [-0.39, 0.29) is 5.17 Å². The first-order valence-electron chi connectivity index (χ1n) is 3.88. The Morgan fingerprint density at radius 1 is 1.43 bits per heavy atom. The lowest BCUT2D eigenvalue weighted by Gasteiger charge is -1.98. The molecule has 0 aliphatic carbocycles. The summed E-state index contributed by atoms with van der Waals surface area (Å²) in [6.07, 6.45) is 0. The average molecular weight is 228 g/mol. The average Bonchev–Trinajstić information content (AvgIpc) is 2.40. The number of fused-ring (bicyclic) bond motifs is 1. The second-order valence-corrected chi connectivity index (χ2v) is 6.51. The minimum Gasteiger partial charge on any atom is -0.378 e. The zero-order valence-electron chi connectivity index (χ0n) is 7.39. The molecule has 1 atom stereocenters. The van der Waals surface area contributed by atoms with Gasteiger partial charge in [0.2, 0.25) is 0 Å². The molecule has 1 unspecified atom stereocenters. The van der Waals surface area contributed by atoms with E-state index in [1.54, 1.807) is 6.07 Å². The minimum atomic E-state index is -2.22. The number of hydrogen-bond acceptors (Lipinski definition) is 4. The third-order valence-electron chi connectivity index (χ3n) is 1.87. The van der Waals surface area contributed by atoms with Crippen LogP contribution in [-0.4, -0.2) is 13.6 Å². The highest BCUT2D eigenvalue weighted by Gasteiger charge is 2.19. The van der Waals surface area contributed by atoms with Gasteiger partial charge in [0.15, 0.2) is 5.17 Å². The van der Waals surface area contributed by atoms with Crippen LogP contribution in [0.3, 0.4) is 0 Å². The first-order valence-corrected chi connectivity index (χ1v) is 6.70. The highest BCUT2D eigenvalue weighted by Crippen LogP contribution is 2.30. The minimum absolute atomic E-state index is 0.180. The maximum absolute atomic E-state index is 10.9. The molecular weight excluding hydrogens is 220 g/mol. The van der Waals surface area contributed by atoms with Crippen molar-refractivity contribution in [1.29, 1.82) is 0 Å². The van der Waals surface area contributed by atoms with Crippen molar-refractivity contribution in [1.82, 2.24) is 0 Å². The molecule has 2 N–H and O–H groups in total. The Hall–Kier alpha value is -1.14. The van der Waals surface area contributed by atoms with Crippen LogP contribution in [0.5, 0.6) is 0 Å². The van der Waals surface area contributed by atoms with Gasteiger partial charge in [0.25, 0.3) is 9.26 Å². The number of benzene rings is 1. The van der Waals surface area contributed by atoms with E-state index in [4.69, 9.17) is 5.73 Å². The van der Waals surface area contributed by atoms with Crippen molar-refractivity contribution in [2.24, 2.45) is 10.7 Å². The largest absolute Gasteiger partial charge is 0.378 e. The summed E-state index contributed by atoms with van der Waals surface area (Å²) in [5.41, 5.74) is 7.23. The standard InChI is InChI=1S/C8H8N2O2S2/c1-5-2-3-6-7(4-5)13(14(11)12)8(9)10-6/h2-4H,1H3,(H2,9,10). The predicted molar refractivity (Wildman–Crippen MR) is 57.0 cm³/mol. The van der Waals surface area contributed by atoms with Gasteiger partial charge in [-0.25, -0.2) is 4.99 Å². The van der Waals surface area contributed by atoms with Crippen molar-refractivity contribution >= 4 is 29.6 Å². The summed E-state index contributed by atoms with van der Waals surface area (Å²) >= 11 is 0. The van der Waals surface area contributed by atoms with Gasteiger partial charge in [0.1, 0.15) is 0 Å². The lowest BCUT2D eigenvalue weighted by Crippen LogP contribution is -2.14. The van der Waals surface area contributed by atoms with Crippen LogP contribution in [0.2, 0.25) is 0 Å². The van der Waals surface area contributed by atoms with Crippen LogP contribution in [0.1, 0.15) is 5.56 Å². The van der Waals surface area contributed by atoms with Crippen LogP contribution in [-0.2, 0) is 18.7 Å². The molecule has 0 fully saturated rings. The van der Waals surface area contributed by atoms with E-state index in [9.17, 15) is 8.42 Å². The smallest absolute Gasteiger partial charge is 0.252 e. The topological polar surface area (TPSA) is 72.5 Å². The van der Waals surface area contributed by atoms with Gasteiger partial charge in [-0.15, -0.1) is 0 Å². The highest BCUT2D eigenvalue weighted by atomic mass is 32.9. The number of aliphatic imine (C=N–C) groups is 1. The van der Waals surface area contributed by atoms with E-state index >= 15 is 0 Å². The van der Waals surface area contributed by atoms with Crippen molar-refractivity contribution in [2.75, 3.05) is 0 Å². The quantitative estimate of drug-likeness (QED) is 0.711. The van der Waals surface area contributed by atoms with Crippen LogP contribution in [0.4, 0.5) is 5.69 Å². The molecule has 1 aliphatic heterocycles. The maximum atomic E-state index is 10.9. The van der Waals surface area contributed by atoms with E-state index in [1.165, 1.54) is 0 Å². The third-order valence-corrected chi connectivity index (χ3v) is 5.21. The van der Waals surface area contributed by atoms with Gasteiger partial charge in [-0.3, -0.25) is 0 Å². The molecule has 0 bridgehead atoms. The molecule has 6 heteroatoms. The Kier molecular flexibility index (Phi) is 2.16. The highest BCUT2D eigenvalue weighted by molar-refractivity contribution is 8.41. The Morgan fingerprint density at radius 3 is 2.79 bits per heavy atom. The first kappa shape index (κ1) is 9.42. The molecule has 0 spiro atoms. The third kappa shape index (κ3) is 1.36. The van der Waals surface area contributed by atoms with Gasteiger partial charge in [0, 0.05) is 14.3 Å². The number of nitrogens with two attached hydrogens (primary N) is 1. The zero-order valence-corrected chi connectivity index (χ0v) is 9.02. The molecule has 1 aromatic carbocycles. The van der Waals surface area contributed by atoms with Crippen molar-refractivity contribution in [3.8, 4) is 0 Å². The molecule has 0 aromatic heterocycles. The fourth-order valence-corrected chi connectivity index (χ4v) is 3.94. The first-order chi connectivity index (χ1) is 6.59. The van der Waals surface area contributed by atoms with E-state index < -0.39 is 18.7 Å². The molecular formula is C8H8N2O2S2. The molecule has 4 nitrogen and oxygen atoms in total. The molecule has 1 aromatic rings. The molecule has 74 valence electrons. The second kappa shape index (κ2) is 3.21. The number of amidine groups is 1. The molecule has 0 saturated heterocycles. The lowest BCUT2D eigenvalue weighted by molar-refractivity contribution is 0.628. The van der Waals surface area contributed by atoms with Gasteiger partial charge in [-0.05, 0) is 24.6 Å². The van der Waals surface area contributed by atoms with Crippen molar-refractivity contribution in [3.05, 3.63) is 23.8 Å². The molecule has 0 saturated carbocycles. The van der Waals surface area contributed by atoms with Crippen LogP contribution in [0.15, 0.2) is 28.1 Å². The molecule has 1 aliphatic rings. The molecule has 14 heavy (non-hydrogen) atoms. The summed E-state index contributed by atoms with van der Waals surface area (Å²) in [6.45, 7) is 1.91. The summed E-state index contributed by atoms with van der Waals surface area (Å²) in [5, 5.41) is 0.180. The number of aryl methyl sites for hydroxylation is 1. The Labute approximate surface area is 84.6 Å². The van der Waals surface area contributed by atoms with Crippen molar-refractivity contribution in [3.63, 3.8) is 0 Å². The van der Waals surface area contributed by atoms with E-state index in [0.717, 1.165) is 5.56 Å². The second-order valence-electron chi connectivity index (χ2n) is 2.89. The zero-order chi connectivity index (χ0) is 10.3. The van der Waals surface area contributed by atoms with Gasteiger partial charge < -0.3 is 5.73 Å². The molecule has 1 heterocycles. The molecule has 0 radical (unpaired) electrons. The normalized spacial score (nSPS) is 18.9. The van der Waals surface area contributed by atoms with E-state index in [2.05, 4.69) is 4.99 Å². The summed E-state index contributed by atoms with van der Waals surface area (Å²) in [7, 11) is -3.28. The number of nitrogens with zero attached hydrogens (tertiary/aromatic N) is 1. The van der Waals surface area contributed by atoms with E-state index in [1.807, 2.05) is 19.1 Å². The van der Waals surface area contributed by atoms with Crippen molar-refractivity contribution in [2.45, 2.75) is 11.8 Å².